The summed E-state index contributed by atoms with van der Waals surface area (Å²) in [7, 11) is 1.81. The molecule has 0 heterocycles. The number of aliphatic carboxylic acids is 1. The van der Waals surface area contributed by atoms with Crippen LogP contribution in [0.4, 0.5) is 0 Å². The van der Waals surface area contributed by atoms with Crippen molar-refractivity contribution in [1.82, 2.24) is 9.80 Å². The molecule has 5 nitrogen and oxygen atoms in total. The zero-order valence-corrected chi connectivity index (χ0v) is 13.0. The Bertz CT molecular complexity index is 327. The summed E-state index contributed by atoms with van der Waals surface area (Å²) in [6.07, 6.45) is 5.91. The lowest BCUT2D eigenvalue weighted by molar-refractivity contribution is -0.143. The Kier molecular flexibility index (Phi) is 6.99. The number of hydrogen-bond acceptors (Lipinski definition) is 3. The van der Waals surface area contributed by atoms with Crippen LogP contribution in [0.15, 0.2) is 0 Å². The fourth-order valence-corrected chi connectivity index (χ4v) is 2.96. The average Bonchev–Trinajstić information content (AvgIpc) is 2.40. The highest BCUT2D eigenvalue weighted by atomic mass is 16.4. The molecule has 5 heteroatoms. The Morgan fingerprint density at radius 1 is 1.25 bits per heavy atom. The summed E-state index contributed by atoms with van der Waals surface area (Å²) in [5.41, 5.74) is 0. The predicted octanol–water partition coefficient (Wildman–Crippen LogP) is 1.82. The molecule has 0 aromatic rings. The summed E-state index contributed by atoms with van der Waals surface area (Å²) in [6, 6.07) is 0.381. The number of rotatable bonds is 7. The molecule has 1 fully saturated rings. The van der Waals surface area contributed by atoms with Crippen LogP contribution in [0.1, 0.15) is 46.0 Å². The molecule has 1 unspecified atom stereocenters. The minimum atomic E-state index is -0.816. The molecule has 1 aliphatic carbocycles. The van der Waals surface area contributed by atoms with Crippen LogP contribution < -0.4 is 0 Å². The van der Waals surface area contributed by atoms with Crippen LogP contribution in [0.2, 0.25) is 0 Å². The lowest BCUT2D eigenvalue weighted by Gasteiger charge is -2.34. The maximum atomic E-state index is 12.4. The van der Waals surface area contributed by atoms with Gasteiger partial charge in [0.25, 0.3) is 0 Å². The van der Waals surface area contributed by atoms with E-state index in [1.807, 2.05) is 23.8 Å². The van der Waals surface area contributed by atoms with E-state index in [2.05, 4.69) is 0 Å². The van der Waals surface area contributed by atoms with Gasteiger partial charge in [-0.1, -0.05) is 26.2 Å². The van der Waals surface area contributed by atoms with Gasteiger partial charge in [-0.05, 0) is 26.8 Å². The number of nitrogens with zero attached hydrogens (tertiary/aromatic N) is 2. The van der Waals surface area contributed by atoms with Gasteiger partial charge in [0.15, 0.2) is 0 Å². The molecule has 1 rings (SSSR count). The quantitative estimate of drug-likeness (QED) is 0.774. The Balaban J connectivity index is 2.47. The van der Waals surface area contributed by atoms with Crippen molar-refractivity contribution in [2.24, 2.45) is 5.92 Å². The molecule has 0 aromatic heterocycles. The maximum absolute atomic E-state index is 12.4. The zero-order valence-electron chi connectivity index (χ0n) is 13.0. The topological polar surface area (TPSA) is 60.9 Å². The number of carbonyl (C=O) groups excluding carboxylic acids is 1. The molecule has 0 bridgehead atoms. The van der Waals surface area contributed by atoms with Gasteiger partial charge >= 0.3 is 5.97 Å². The van der Waals surface area contributed by atoms with Gasteiger partial charge in [-0.3, -0.25) is 14.5 Å². The summed E-state index contributed by atoms with van der Waals surface area (Å²) in [5, 5.41) is 8.90. The first-order valence-corrected chi connectivity index (χ1v) is 7.66. The normalized spacial score (nSPS) is 18.0. The molecule has 1 saturated carbocycles. The fraction of sp³-hybridized carbons (Fsp3) is 0.867. The third-order valence-corrected chi connectivity index (χ3v) is 4.09. The van der Waals surface area contributed by atoms with Gasteiger partial charge in [0, 0.05) is 19.1 Å². The van der Waals surface area contributed by atoms with Gasteiger partial charge in [0.05, 0.1) is 12.5 Å². The van der Waals surface area contributed by atoms with Crippen LogP contribution in [0.5, 0.6) is 0 Å². The summed E-state index contributed by atoms with van der Waals surface area (Å²) >= 11 is 0. The Hall–Kier alpha value is -1.10. The van der Waals surface area contributed by atoms with Crippen molar-refractivity contribution >= 4 is 11.9 Å². The monoisotopic (exact) mass is 284 g/mol. The van der Waals surface area contributed by atoms with Crippen LogP contribution in [0.3, 0.4) is 0 Å². The van der Waals surface area contributed by atoms with Gasteiger partial charge < -0.3 is 10.0 Å². The highest BCUT2D eigenvalue weighted by Gasteiger charge is 2.25. The van der Waals surface area contributed by atoms with Crippen molar-refractivity contribution < 1.29 is 14.7 Å². The average molecular weight is 284 g/mol. The third kappa shape index (κ3) is 5.12. The van der Waals surface area contributed by atoms with E-state index in [4.69, 9.17) is 5.11 Å². The van der Waals surface area contributed by atoms with Gasteiger partial charge in [-0.25, -0.2) is 0 Å². The van der Waals surface area contributed by atoms with E-state index in [0.29, 0.717) is 19.1 Å². The van der Waals surface area contributed by atoms with Gasteiger partial charge in [-0.2, -0.15) is 0 Å². The number of amides is 1. The van der Waals surface area contributed by atoms with Gasteiger partial charge in [-0.15, -0.1) is 0 Å². The fourth-order valence-electron chi connectivity index (χ4n) is 2.96. The Morgan fingerprint density at radius 3 is 2.35 bits per heavy atom. The zero-order chi connectivity index (χ0) is 15.1. The third-order valence-electron chi connectivity index (χ3n) is 4.09. The highest BCUT2D eigenvalue weighted by molar-refractivity contribution is 5.78. The summed E-state index contributed by atoms with van der Waals surface area (Å²) < 4.78 is 0. The van der Waals surface area contributed by atoms with Gasteiger partial charge in [0.2, 0.25) is 5.91 Å². The van der Waals surface area contributed by atoms with Crippen molar-refractivity contribution in [2.75, 3.05) is 26.7 Å². The molecule has 0 spiro atoms. The Morgan fingerprint density at radius 2 is 1.85 bits per heavy atom. The number of carbonyl (C=O) groups is 2. The molecule has 0 saturated heterocycles. The molecule has 0 aromatic carbocycles. The van der Waals surface area contributed by atoms with Crippen LogP contribution in [-0.2, 0) is 9.59 Å². The number of carboxylic acids is 1. The summed E-state index contributed by atoms with van der Waals surface area (Å²) in [6.45, 7) is 5.14. The lowest BCUT2D eigenvalue weighted by atomic mass is 9.94. The standard InChI is InChI=1S/C15H28N2O3/c1-4-17(13-8-6-5-7-9-13)14(18)11-16(3)10-12(2)15(19)20/h12-13H,4-11H2,1-3H3,(H,19,20). The first-order chi connectivity index (χ1) is 9.45. The molecular formula is C15H28N2O3. The lowest BCUT2D eigenvalue weighted by Crippen LogP contribution is -2.46. The molecular weight excluding hydrogens is 256 g/mol. The maximum Gasteiger partial charge on any atom is 0.307 e. The highest BCUT2D eigenvalue weighted by Crippen LogP contribution is 2.22. The van der Waals surface area contributed by atoms with E-state index in [1.54, 1.807) is 6.92 Å². The van der Waals surface area contributed by atoms with Gasteiger partial charge in [0.1, 0.15) is 0 Å². The summed E-state index contributed by atoms with van der Waals surface area (Å²) in [5.74, 6) is -1.14. The molecule has 1 N–H and O–H groups in total. The van der Waals surface area contributed by atoms with Crippen molar-refractivity contribution in [3.05, 3.63) is 0 Å². The molecule has 20 heavy (non-hydrogen) atoms. The summed E-state index contributed by atoms with van der Waals surface area (Å²) in [4.78, 5) is 27.0. The van der Waals surface area contributed by atoms with Crippen molar-refractivity contribution in [3.63, 3.8) is 0 Å². The van der Waals surface area contributed by atoms with E-state index >= 15 is 0 Å². The van der Waals surface area contributed by atoms with E-state index in [9.17, 15) is 9.59 Å². The number of carboxylic acid groups (broad SMARTS) is 1. The second-order valence-corrected chi connectivity index (χ2v) is 5.91. The molecule has 0 radical (unpaired) electrons. The van der Waals surface area contributed by atoms with Crippen molar-refractivity contribution in [2.45, 2.75) is 52.0 Å². The Labute approximate surface area is 121 Å². The minimum absolute atomic E-state index is 0.125. The number of likely N-dealkylation sites (N-methyl/N-ethyl adjacent to an activating group) is 2. The van der Waals surface area contributed by atoms with Crippen molar-refractivity contribution in [1.29, 1.82) is 0 Å². The molecule has 1 aliphatic rings. The SMILES string of the molecule is CCN(C(=O)CN(C)CC(C)C(=O)O)C1CCCCC1. The smallest absolute Gasteiger partial charge is 0.307 e. The minimum Gasteiger partial charge on any atom is -0.481 e. The molecule has 1 atom stereocenters. The predicted molar refractivity (Wildman–Crippen MR) is 78.6 cm³/mol. The van der Waals surface area contributed by atoms with E-state index in [-0.39, 0.29) is 5.91 Å². The largest absolute Gasteiger partial charge is 0.481 e. The van der Waals surface area contributed by atoms with E-state index < -0.39 is 11.9 Å². The first-order valence-electron chi connectivity index (χ1n) is 7.66. The van der Waals surface area contributed by atoms with Crippen molar-refractivity contribution in [3.8, 4) is 0 Å². The molecule has 1 amide bonds. The van der Waals surface area contributed by atoms with E-state index in [0.717, 1.165) is 19.4 Å². The van der Waals surface area contributed by atoms with Crippen LogP contribution >= 0.6 is 0 Å². The van der Waals surface area contributed by atoms with E-state index in [1.165, 1.54) is 19.3 Å². The second-order valence-electron chi connectivity index (χ2n) is 5.91. The molecule has 0 aliphatic heterocycles. The number of hydrogen-bond donors (Lipinski definition) is 1. The van der Waals surface area contributed by atoms with Crippen LogP contribution in [-0.4, -0.2) is 59.5 Å². The van der Waals surface area contributed by atoms with Crippen LogP contribution in [0.25, 0.3) is 0 Å². The molecule has 116 valence electrons. The second kappa shape index (κ2) is 8.25. The first kappa shape index (κ1) is 17.0. The van der Waals surface area contributed by atoms with Crippen LogP contribution in [0, 0.1) is 5.92 Å².